The third-order valence-corrected chi connectivity index (χ3v) is 5.79. The van der Waals surface area contributed by atoms with Crippen LogP contribution >= 0.6 is 0 Å². The number of amides is 1. The quantitative estimate of drug-likeness (QED) is 0.366. The van der Waals surface area contributed by atoms with Crippen molar-refractivity contribution >= 4 is 17.9 Å². The summed E-state index contributed by atoms with van der Waals surface area (Å²) in [7, 11) is 3.22. The van der Waals surface area contributed by atoms with E-state index in [9.17, 15) is 18.0 Å². The number of hydrogen-bond acceptors (Lipinski definition) is 7. The van der Waals surface area contributed by atoms with Crippen LogP contribution in [-0.4, -0.2) is 68.7 Å². The summed E-state index contributed by atoms with van der Waals surface area (Å²) in [5.74, 6) is 0.634. The van der Waals surface area contributed by atoms with Crippen LogP contribution in [0.15, 0.2) is 59.5 Å². The zero-order chi connectivity index (χ0) is 31.3. The van der Waals surface area contributed by atoms with Crippen LogP contribution in [0.5, 0.6) is 5.75 Å². The Kier molecular flexibility index (Phi) is 14.1. The summed E-state index contributed by atoms with van der Waals surface area (Å²) < 4.78 is 55.6. The van der Waals surface area contributed by atoms with Crippen molar-refractivity contribution in [1.29, 1.82) is 0 Å². The van der Waals surface area contributed by atoms with Gasteiger partial charge >= 0.3 is 6.36 Å². The lowest BCUT2D eigenvalue weighted by molar-refractivity contribution is -0.274. The number of rotatable bonds is 3. The van der Waals surface area contributed by atoms with Gasteiger partial charge in [0, 0.05) is 13.7 Å². The maximum atomic E-state index is 12.2. The summed E-state index contributed by atoms with van der Waals surface area (Å²) in [6, 6.07) is 5.66. The van der Waals surface area contributed by atoms with Crippen molar-refractivity contribution in [3.05, 3.63) is 59.9 Å². The molecule has 3 aliphatic rings. The molecule has 0 spiro atoms. The molecule has 4 rings (SSSR count). The number of ether oxygens (including phenoxy) is 4. The predicted octanol–water partition coefficient (Wildman–Crippen LogP) is 6.74. The Labute approximate surface area is 241 Å². The number of carbonyl (C=O) groups is 1. The Hall–Kier alpha value is -3.31. The first kappa shape index (κ1) is 35.7. The Morgan fingerprint density at radius 1 is 1.07 bits per heavy atom. The van der Waals surface area contributed by atoms with Gasteiger partial charge in [-0.2, -0.15) is 0 Å². The minimum atomic E-state index is -4.70. The van der Waals surface area contributed by atoms with Crippen LogP contribution in [0, 0.1) is 5.92 Å². The Bertz CT molecular complexity index is 1070. The van der Waals surface area contributed by atoms with Crippen LogP contribution < -0.4 is 4.74 Å². The third-order valence-electron chi connectivity index (χ3n) is 5.79. The first-order valence-electron chi connectivity index (χ1n) is 13.3. The van der Waals surface area contributed by atoms with E-state index < -0.39 is 6.36 Å². The Balaban J connectivity index is 0.000000385. The van der Waals surface area contributed by atoms with Crippen molar-refractivity contribution in [2.75, 3.05) is 34.0 Å². The van der Waals surface area contributed by atoms with Crippen LogP contribution in [0.2, 0.25) is 0 Å². The molecule has 1 saturated heterocycles. The Morgan fingerprint density at radius 2 is 1.68 bits per heavy atom. The average Bonchev–Trinajstić information content (AvgIpc) is 3.19. The first-order valence-corrected chi connectivity index (χ1v) is 13.3. The van der Waals surface area contributed by atoms with E-state index in [-0.39, 0.29) is 22.8 Å². The van der Waals surface area contributed by atoms with E-state index in [0.717, 1.165) is 24.1 Å². The fraction of sp³-hybridized carbons (Fsp3) is 0.533. The molecule has 8 nitrogen and oxygen atoms in total. The SMILES string of the molecule is CC.CC1(C)COCCN1C=O.COC(C)(C)C.COC1=NOC2=CC=C(c3ccc(OC(F)(F)F)cc3)C=CC21. The zero-order valence-corrected chi connectivity index (χ0v) is 25.4. The van der Waals surface area contributed by atoms with E-state index in [1.807, 2.05) is 60.6 Å². The molecule has 41 heavy (non-hydrogen) atoms. The second kappa shape index (κ2) is 16.2. The maximum absolute atomic E-state index is 12.2. The number of allylic oxidation sites excluding steroid dienone is 4. The van der Waals surface area contributed by atoms with Gasteiger partial charge in [0.2, 0.25) is 12.3 Å². The molecule has 1 amide bonds. The van der Waals surface area contributed by atoms with Gasteiger partial charge in [-0.15, -0.1) is 13.2 Å². The molecule has 1 fully saturated rings. The summed E-state index contributed by atoms with van der Waals surface area (Å²) in [6.45, 7) is 16.1. The third kappa shape index (κ3) is 12.4. The van der Waals surface area contributed by atoms with E-state index >= 15 is 0 Å². The molecule has 11 heteroatoms. The van der Waals surface area contributed by atoms with E-state index in [1.165, 1.54) is 19.2 Å². The van der Waals surface area contributed by atoms with E-state index in [4.69, 9.17) is 19.0 Å². The molecule has 0 saturated carbocycles. The largest absolute Gasteiger partial charge is 0.573 e. The monoisotopic (exact) mass is 584 g/mol. The number of morpholine rings is 1. The normalized spacial score (nSPS) is 19.0. The molecule has 1 aromatic carbocycles. The predicted molar refractivity (Wildman–Crippen MR) is 153 cm³/mol. The van der Waals surface area contributed by atoms with Crippen molar-refractivity contribution in [1.82, 2.24) is 4.90 Å². The second-order valence-electron chi connectivity index (χ2n) is 10.3. The van der Waals surface area contributed by atoms with Gasteiger partial charge in [0.05, 0.1) is 31.5 Å². The number of fused-ring (bicyclic) bond motifs is 1. The van der Waals surface area contributed by atoms with Crippen LogP contribution in [-0.2, 0) is 23.8 Å². The smallest absolute Gasteiger partial charge is 0.481 e. The van der Waals surface area contributed by atoms with Gasteiger partial charge in [-0.3, -0.25) is 4.79 Å². The number of nitrogens with zero attached hydrogens (tertiary/aromatic N) is 2. The average molecular weight is 585 g/mol. The van der Waals surface area contributed by atoms with E-state index in [1.54, 1.807) is 36.3 Å². The molecule has 0 radical (unpaired) electrons. The van der Waals surface area contributed by atoms with Crippen molar-refractivity contribution in [2.24, 2.45) is 11.1 Å². The standard InChI is InChI=1S/C16H12F3NO3.C7H13NO2.C5H12O.C2H6/c1-21-15-13-8-4-11(5-9-14(13)23-20-15)10-2-6-12(7-3-10)22-16(17,18)19;1-7(2)5-10-4-3-8(7)6-9;1-5(2,3)6-4;1-2/h2-9,13H,1H3;6H,3-5H2,1-2H3;1-4H3;1-2H3. The molecule has 0 N–H and O–H groups in total. The lowest BCUT2D eigenvalue weighted by Crippen LogP contribution is -2.52. The summed E-state index contributed by atoms with van der Waals surface area (Å²) in [6.07, 6.45) is 3.47. The molecule has 2 heterocycles. The molecule has 1 aliphatic carbocycles. The molecule has 1 aromatic rings. The first-order chi connectivity index (χ1) is 19.2. The highest BCUT2D eigenvalue weighted by atomic mass is 19.4. The molecular weight excluding hydrogens is 541 g/mol. The summed E-state index contributed by atoms with van der Waals surface area (Å²) in [4.78, 5) is 17.4. The minimum absolute atomic E-state index is 0.0417. The lowest BCUT2D eigenvalue weighted by Gasteiger charge is -2.39. The minimum Gasteiger partial charge on any atom is -0.481 e. The van der Waals surface area contributed by atoms with Gasteiger partial charge in [0.1, 0.15) is 11.7 Å². The molecule has 1 unspecified atom stereocenters. The number of halogens is 3. The van der Waals surface area contributed by atoms with E-state index in [0.29, 0.717) is 24.9 Å². The van der Waals surface area contributed by atoms with Crippen LogP contribution in [0.1, 0.15) is 54.0 Å². The van der Waals surface area contributed by atoms with Crippen molar-refractivity contribution < 1.29 is 41.8 Å². The molecular formula is C30H43F3N2O6. The van der Waals surface area contributed by atoms with Crippen LogP contribution in [0.3, 0.4) is 0 Å². The van der Waals surface area contributed by atoms with Gasteiger partial charge in [-0.25, -0.2) is 0 Å². The van der Waals surface area contributed by atoms with Crippen molar-refractivity contribution in [3.8, 4) is 5.75 Å². The summed E-state index contributed by atoms with van der Waals surface area (Å²) >= 11 is 0. The molecule has 230 valence electrons. The fourth-order valence-corrected chi connectivity index (χ4v) is 3.34. The lowest BCUT2D eigenvalue weighted by atomic mass is 10.0. The molecule has 0 aromatic heterocycles. The summed E-state index contributed by atoms with van der Waals surface area (Å²) in [5.41, 5.74) is 1.51. The molecule has 0 bridgehead atoms. The Morgan fingerprint density at radius 3 is 2.15 bits per heavy atom. The van der Waals surface area contributed by atoms with Crippen molar-refractivity contribution in [2.45, 2.75) is 66.0 Å². The van der Waals surface area contributed by atoms with E-state index in [2.05, 4.69) is 9.89 Å². The van der Waals surface area contributed by atoms with Crippen LogP contribution in [0.4, 0.5) is 13.2 Å². The van der Waals surface area contributed by atoms with Crippen molar-refractivity contribution in [3.63, 3.8) is 0 Å². The van der Waals surface area contributed by atoms with Gasteiger partial charge in [0.15, 0.2) is 5.76 Å². The van der Waals surface area contributed by atoms with Crippen LogP contribution in [0.25, 0.3) is 5.57 Å². The number of methoxy groups -OCH3 is 2. The van der Waals surface area contributed by atoms with Gasteiger partial charge in [-0.05, 0) is 69.1 Å². The number of oxime groups is 1. The molecule has 1 atom stereocenters. The zero-order valence-electron chi connectivity index (χ0n) is 25.4. The highest BCUT2D eigenvalue weighted by Gasteiger charge is 2.31. The van der Waals surface area contributed by atoms with Gasteiger partial charge in [-0.1, -0.05) is 44.2 Å². The number of alkyl halides is 3. The highest BCUT2D eigenvalue weighted by Crippen LogP contribution is 2.31. The topological polar surface area (TPSA) is 78.8 Å². The number of carbonyl (C=O) groups excluding carboxylic acids is 1. The maximum Gasteiger partial charge on any atom is 0.573 e. The second-order valence-corrected chi connectivity index (χ2v) is 10.3. The molecule has 2 aliphatic heterocycles. The van der Waals surface area contributed by atoms with Gasteiger partial charge in [0.25, 0.3) is 0 Å². The van der Waals surface area contributed by atoms with Gasteiger partial charge < -0.3 is 28.7 Å². The highest BCUT2D eigenvalue weighted by molar-refractivity contribution is 5.86. The number of benzene rings is 1. The summed E-state index contributed by atoms with van der Waals surface area (Å²) in [5, 5.41) is 3.81. The number of hydrogen-bond donors (Lipinski definition) is 0. The fourth-order valence-electron chi connectivity index (χ4n) is 3.34.